The minimum atomic E-state index is -3.20. The third-order valence-electron chi connectivity index (χ3n) is 5.75. The summed E-state index contributed by atoms with van der Waals surface area (Å²) in [7, 11) is -3.20. The number of esters is 1. The molecule has 0 bridgehead atoms. The van der Waals surface area contributed by atoms with Crippen LogP contribution in [0.3, 0.4) is 0 Å². The molecule has 0 radical (unpaired) electrons. The molecule has 3 aromatic carbocycles. The van der Waals surface area contributed by atoms with Gasteiger partial charge in [0, 0.05) is 36.1 Å². The zero-order chi connectivity index (χ0) is 27.1. The van der Waals surface area contributed by atoms with Gasteiger partial charge >= 0.3 is 5.97 Å². The van der Waals surface area contributed by atoms with Gasteiger partial charge in [-0.25, -0.2) is 22.9 Å². The lowest BCUT2D eigenvalue weighted by Gasteiger charge is -2.09. The van der Waals surface area contributed by atoms with Gasteiger partial charge in [0.2, 0.25) is 10.0 Å². The number of sulfonamides is 1. The van der Waals surface area contributed by atoms with Crippen molar-refractivity contribution in [3.63, 3.8) is 0 Å². The predicted molar refractivity (Wildman–Crippen MR) is 149 cm³/mol. The molecule has 0 saturated heterocycles. The number of hydrogen-bond acceptors (Lipinski definition) is 7. The van der Waals surface area contributed by atoms with Crippen LogP contribution in [0.2, 0.25) is 0 Å². The highest BCUT2D eigenvalue weighted by atomic mass is 32.2. The predicted octanol–water partition coefficient (Wildman–Crippen LogP) is 3.86. The van der Waals surface area contributed by atoms with Crippen LogP contribution in [0.4, 0.5) is 5.69 Å². The number of rotatable bonds is 11. The second-order valence-corrected chi connectivity index (χ2v) is 10.5. The van der Waals surface area contributed by atoms with Crippen LogP contribution in [0.1, 0.15) is 34.0 Å². The topological polar surface area (TPSA) is 133 Å². The van der Waals surface area contributed by atoms with Crippen LogP contribution in [0.25, 0.3) is 10.9 Å². The summed E-state index contributed by atoms with van der Waals surface area (Å²) in [5.74, 6) is -0.477. The molecule has 0 saturated carbocycles. The number of hydrogen-bond donors (Lipinski definition) is 4. The number of aromatic amines is 1. The normalized spacial score (nSPS) is 12.1. The Bertz CT molecular complexity index is 1550. The van der Waals surface area contributed by atoms with Crippen molar-refractivity contribution >= 4 is 38.3 Å². The Kier molecular flexibility index (Phi) is 8.57. The lowest BCUT2D eigenvalue weighted by molar-refractivity contribution is 0.0526. The van der Waals surface area contributed by atoms with E-state index in [1.165, 1.54) is 0 Å². The molecule has 10 heteroatoms. The zero-order valence-electron chi connectivity index (χ0n) is 21.2. The Morgan fingerprint density at radius 2 is 1.74 bits per heavy atom. The van der Waals surface area contributed by atoms with Crippen LogP contribution in [-0.4, -0.2) is 56.1 Å². The second kappa shape index (κ2) is 12.0. The third-order valence-corrected chi connectivity index (χ3v) is 6.47. The molecule has 9 nitrogen and oxygen atoms in total. The number of aromatic hydroxyl groups is 1. The van der Waals surface area contributed by atoms with Crippen molar-refractivity contribution < 1.29 is 23.1 Å². The van der Waals surface area contributed by atoms with E-state index in [2.05, 4.69) is 15.0 Å². The van der Waals surface area contributed by atoms with Crippen LogP contribution in [-0.2, 0) is 21.3 Å². The number of nitrogens with zero attached hydrogens (tertiary/aromatic N) is 1. The number of nitrogens with one attached hydrogen (secondary N) is 3. The van der Waals surface area contributed by atoms with Gasteiger partial charge in [-0.2, -0.15) is 0 Å². The van der Waals surface area contributed by atoms with Crippen LogP contribution in [0.5, 0.6) is 5.88 Å². The average Bonchev–Trinajstić information content (AvgIpc) is 3.22. The largest absolute Gasteiger partial charge is 0.494 e. The van der Waals surface area contributed by atoms with Crippen LogP contribution < -0.4 is 10.0 Å². The molecular formula is C28H30N4O5S. The molecule has 38 heavy (non-hydrogen) atoms. The molecule has 0 fully saturated rings. The van der Waals surface area contributed by atoms with Gasteiger partial charge in [-0.1, -0.05) is 48.5 Å². The molecule has 0 aliphatic rings. The number of benzene rings is 3. The highest BCUT2D eigenvalue weighted by Gasteiger charge is 2.20. The lowest BCUT2D eigenvalue weighted by Crippen LogP contribution is -2.30. The first-order chi connectivity index (χ1) is 18.2. The Hall–Kier alpha value is -3.99. The van der Waals surface area contributed by atoms with E-state index in [0.717, 1.165) is 22.8 Å². The number of carbonyl (C=O) groups is 1. The number of aliphatic imine (C=N–C) groups is 1. The summed E-state index contributed by atoms with van der Waals surface area (Å²) in [6, 6.07) is 22.3. The van der Waals surface area contributed by atoms with E-state index in [4.69, 9.17) is 9.73 Å². The van der Waals surface area contributed by atoms with Gasteiger partial charge in [0.1, 0.15) is 0 Å². The standard InChI is InChI=1S/C28H30N4O5S/c1-3-37-28(34)21-11-14-23-24(17-21)32-27(33)25(23)26(20-7-5-4-6-8-20)31-22-12-9-19(10-13-22)18-29-15-16-30-38(2,35)36/h4-14,17,29-30,32-33H,3,15-16,18H2,1-2H3. The summed E-state index contributed by atoms with van der Waals surface area (Å²) in [6.45, 7) is 3.42. The fourth-order valence-electron chi connectivity index (χ4n) is 4.00. The second-order valence-electron chi connectivity index (χ2n) is 8.67. The van der Waals surface area contributed by atoms with E-state index in [9.17, 15) is 18.3 Å². The highest BCUT2D eigenvalue weighted by molar-refractivity contribution is 7.88. The molecule has 0 aliphatic carbocycles. The van der Waals surface area contributed by atoms with Crippen molar-refractivity contribution in [2.75, 3.05) is 26.0 Å². The van der Waals surface area contributed by atoms with E-state index < -0.39 is 16.0 Å². The van der Waals surface area contributed by atoms with Gasteiger partial charge in [0.05, 0.1) is 35.4 Å². The van der Waals surface area contributed by atoms with E-state index in [1.807, 2.05) is 54.6 Å². The minimum absolute atomic E-state index is 0.0489. The van der Waals surface area contributed by atoms with Crippen molar-refractivity contribution in [3.05, 3.63) is 95.1 Å². The van der Waals surface area contributed by atoms with Gasteiger partial charge in [-0.3, -0.25) is 0 Å². The maximum atomic E-state index is 12.2. The van der Waals surface area contributed by atoms with Crippen molar-refractivity contribution in [3.8, 4) is 5.88 Å². The first-order valence-electron chi connectivity index (χ1n) is 12.2. The third kappa shape index (κ3) is 6.86. The number of fused-ring (bicyclic) bond motifs is 1. The number of carbonyl (C=O) groups excluding carboxylic acids is 1. The van der Waals surface area contributed by atoms with Crippen molar-refractivity contribution in [2.45, 2.75) is 13.5 Å². The summed E-state index contributed by atoms with van der Waals surface area (Å²) in [5.41, 5.74) is 4.64. The Balaban J connectivity index is 1.62. The van der Waals surface area contributed by atoms with Gasteiger partial charge in [0.15, 0.2) is 5.88 Å². The molecular weight excluding hydrogens is 504 g/mol. The Labute approximate surface area is 221 Å². The fourth-order valence-corrected chi connectivity index (χ4v) is 4.47. The molecule has 0 spiro atoms. The Morgan fingerprint density at radius 3 is 2.42 bits per heavy atom. The fraction of sp³-hybridized carbons (Fsp3) is 0.214. The number of aromatic nitrogens is 1. The molecule has 1 aromatic heterocycles. The number of H-pyrrole nitrogens is 1. The maximum Gasteiger partial charge on any atom is 0.338 e. The SMILES string of the molecule is CCOC(=O)c1ccc2c(C(=Nc3ccc(CNCCNS(C)(=O)=O)cc3)c3ccccc3)c(O)[nH]c2c1. The molecule has 1 heterocycles. The molecule has 0 aliphatic heterocycles. The van der Waals surface area contributed by atoms with Crippen molar-refractivity contribution in [1.29, 1.82) is 0 Å². The van der Waals surface area contributed by atoms with Crippen LogP contribution >= 0.6 is 0 Å². The van der Waals surface area contributed by atoms with E-state index in [-0.39, 0.29) is 12.5 Å². The zero-order valence-corrected chi connectivity index (χ0v) is 22.0. The molecule has 0 atom stereocenters. The first kappa shape index (κ1) is 27.1. The molecule has 0 amide bonds. The maximum absolute atomic E-state index is 12.2. The summed E-state index contributed by atoms with van der Waals surface area (Å²) in [4.78, 5) is 20.1. The molecule has 0 unspecified atom stereocenters. The van der Waals surface area contributed by atoms with E-state index >= 15 is 0 Å². The van der Waals surface area contributed by atoms with Crippen molar-refractivity contribution in [2.24, 2.45) is 4.99 Å². The quantitative estimate of drug-likeness (QED) is 0.131. The minimum Gasteiger partial charge on any atom is -0.494 e. The summed E-state index contributed by atoms with van der Waals surface area (Å²) in [5, 5.41) is 14.8. The first-order valence-corrected chi connectivity index (χ1v) is 14.0. The lowest BCUT2D eigenvalue weighted by atomic mass is 10.00. The molecule has 4 rings (SSSR count). The highest BCUT2D eigenvalue weighted by Crippen LogP contribution is 2.32. The van der Waals surface area contributed by atoms with E-state index in [0.29, 0.717) is 47.7 Å². The molecule has 4 aromatic rings. The van der Waals surface area contributed by atoms with E-state index in [1.54, 1.807) is 25.1 Å². The molecule has 4 N–H and O–H groups in total. The van der Waals surface area contributed by atoms with Crippen LogP contribution in [0, 0.1) is 0 Å². The van der Waals surface area contributed by atoms with Gasteiger partial charge in [0.25, 0.3) is 0 Å². The van der Waals surface area contributed by atoms with Crippen LogP contribution in [0.15, 0.2) is 77.8 Å². The van der Waals surface area contributed by atoms with Crippen molar-refractivity contribution in [1.82, 2.24) is 15.0 Å². The molecule has 198 valence electrons. The number of ether oxygens (including phenoxy) is 1. The van der Waals surface area contributed by atoms with Gasteiger partial charge in [-0.05, 0) is 36.8 Å². The smallest absolute Gasteiger partial charge is 0.338 e. The Morgan fingerprint density at radius 1 is 1.00 bits per heavy atom. The average molecular weight is 535 g/mol. The summed E-state index contributed by atoms with van der Waals surface area (Å²) >= 11 is 0. The summed E-state index contributed by atoms with van der Waals surface area (Å²) in [6.07, 6.45) is 1.13. The monoisotopic (exact) mass is 534 g/mol. The van der Waals surface area contributed by atoms with Gasteiger partial charge in [-0.15, -0.1) is 0 Å². The summed E-state index contributed by atoms with van der Waals surface area (Å²) < 4.78 is 29.8. The van der Waals surface area contributed by atoms with Gasteiger partial charge < -0.3 is 20.1 Å².